The molecule has 0 spiro atoms. The van der Waals surface area contributed by atoms with E-state index in [2.05, 4.69) is 41.1 Å². The number of nitrogens with two attached hydrogens (primary N) is 1. The van der Waals surface area contributed by atoms with Gasteiger partial charge >= 0.3 is 0 Å². The van der Waals surface area contributed by atoms with Crippen LogP contribution < -0.4 is 5.73 Å². The molecule has 1 atom stereocenters. The average molecular weight is 296 g/mol. The third kappa shape index (κ3) is 3.32. The lowest BCUT2D eigenvalue weighted by Crippen LogP contribution is -2.18. The number of halogens is 1. The van der Waals surface area contributed by atoms with Crippen LogP contribution in [-0.2, 0) is 0 Å². The van der Waals surface area contributed by atoms with Crippen LogP contribution in [0.25, 0.3) is 0 Å². The van der Waals surface area contributed by atoms with E-state index in [1.165, 1.54) is 47.7 Å². The molecule has 0 aliphatic heterocycles. The number of hydrogen-bond acceptors (Lipinski definition) is 1. The van der Waals surface area contributed by atoms with Crippen molar-refractivity contribution in [3.8, 4) is 0 Å². The zero-order chi connectivity index (χ0) is 12.3. The summed E-state index contributed by atoms with van der Waals surface area (Å²) >= 11 is 3.58. The lowest BCUT2D eigenvalue weighted by Gasteiger charge is -2.25. The Hall–Kier alpha value is -0.340. The standard InChI is InChI=1S/C15H22BrN/c1-11-13(8-5-9-14(11)16)15(17)10-12-6-3-2-4-7-12/h5,8-9,12,15H,2-4,6-7,10,17H2,1H3. The first-order chi connectivity index (χ1) is 8.18. The second-order valence-electron chi connectivity index (χ2n) is 5.30. The molecule has 0 bridgehead atoms. The number of benzene rings is 1. The lowest BCUT2D eigenvalue weighted by atomic mass is 9.83. The zero-order valence-electron chi connectivity index (χ0n) is 10.6. The van der Waals surface area contributed by atoms with Gasteiger partial charge < -0.3 is 5.73 Å². The molecule has 2 N–H and O–H groups in total. The summed E-state index contributed by atoms with van der Waals surface area (Å²) < 4.78 is 1.18. The summed E-state index contributed by atoms with van der Waals surface area (Å²) in [5.74, 6) is 0.845. The molecule has 2 rings (SSSR count). The van der Waals surface area contributed by atoms with Crippen molar-refractivity contribution in [3.63, 3.8) is 0 Å². The molecule has 0 saturated heterocycles. The highest BCUT2D eigenvalue weighted by molar-refractivity contribution is 9.10. The molecule has 0 heterocycles. The van der Waals surface area contributed by atoms with Gasteiger partial charge in [0.05, 0.1) is 0 Å². The Morgan fingerprint density at radius 3 is 2.71 bits per heavy atom. The molecule has 0 aromatic heterocycles. The topological polar surface area (TPSA) is 26.0 Å². The van der Waals surface area contributed by atoms with Gasteiger partial charge in [-0.15, -0.1) is 0 Å². The van der Waals surface area contributed by atoms with Gasteiger partial charge in [0.25, 0.3) is 0 Å². The summed E-state index contributed by atoms with van der Waals surface area (Å²) in [6, 6.07) is 6.56. The van der Waals surface area contributed by atoms with E-state index in [0.29, 0.717) is 0 Å². The summed E-state index contributed by atoms with van der Waals surface area (Å²) in [6.45, 7) is 2.15. The minimum absolute atomic E-state index is 0.204. The van der Waals surface area contributed by atoms with Gasteiger partial charge in [-0.3, -0.25) is 0 Å². The largest absolute Gasteiger partial charge is 0.324 e. The Bertz CT molecular complexity index is 369. The summed E-state index contributed by atoms with van der Waals surface area (Å²) in [7, 11) is 0. The Kier molecular flexibility index (Phi) is 4.63. The Labute approximate surface area is 113 Å². The van der Waals surface area contributed by atoms with Gasteiger partial charge in [-0.2, -0.15) is 0 Å². The predicted octanol–water partition coefficient (Wildman–Crippen LogP) is 4.73. The van der Waals surface area contributed by atoms with Crippen LogP contribution in [0.5, 0.6) is 0 Å². The molecule has 1 nitrogen and oxygen atoms in total. The van der Waals surface area contributed by atoms with Crippen LogP contribution in [0.1, 0.15) is 55.7 Å². The van der Waals surface area contributed by atoms with Crippen molar-refractivity contribution in [2.45, 2.75) is 51.5 Å². The molecule has 1 saturated carbocycles. The van der Waals surface area contributed by atoms with Gasteiger partial charge in [0, 0.05) is 10.5 Å². The van der Waals surface area contributed by atoms with Crippen LogP contribution in [0.15, 0.2) is 22.7 Å². The first kappa shape index (κ1) is 13.1. The first-order valence-corrected chi connectivity index (χ1v) is 7.48. The van der Waals surface area contributed by atoms with Gasteiger partial charge in [0.1, 0.15) is 0 Å². The van der Waals surface area contributed by atoms with Crippen molar-refractivity contribution in [2.75, 3.05) is 0 Å². The molecular formula is C15H22BrN. The quantitative estimate of drug-likeness (QED) is 0.857. The second kappa shape index (κ2) is 6.01. The fraction of sp³-hybridized carbons (Fsp3) is 0.600. The lowest BCUT2D eigenvalue weighted by molar-refractivity contribution is 0.319. The van der Waals surface area contributed by atoms with E-state index in [1.54, 1.807) is 0 Å². The maximum absolute atomic E-state index is 6.37. The van der Waals surface area contributed by atoms with Crippen LogP contribution in [-0.4, -0.2) is 0 Å². The third-order valence-corrected chi connectivity index (χ3v) is 4.88. The Morgan fingerprint density at radius 2 is 2.00 bits per heavy atom. The van der Waals surface area contributed by atoms with E-state index < -0.39 is 0 Å². The SMILES string of the molecule is Cc1c(Br)cccc1C(N)CC1CCCCC1. The Balaban J connectivity index is 2.03. The van der Waals surface area contributed by atoms with Crippen LogP contribution in [0.4, 0.5) is 0 Å². The summed E-state index contributed by atoms with van der Waals surface area (Å²) in [5, 5.41) is 0. The van der Waals surface area contributed by atoms with Crippen molar-refractivity contribution < 1.29 is 0 Å². The molecule has 94 valence electrons. The molecule has 2 heteroatoms. The van der Waals surface area contributed by atoms with Crippen LogP contribution in [0.2, 0.25) is 0 Å². The maximum Gasteiger partial charge on any atom is 0.0300 e. The molecule has 1 aromatic rings. The third-order valence-electron chi connectivity index (χ3n) is 4.02. The predicted molar refractivity (Wildman–Crippen MR) is 77.0 cm³/mol. The van der Waals surface area contributed by atoms with Crippen molar-refractivity contribution in [1.82, 2.24) is 0 Å². The molecule has 0 radical (unpaired) electrons. The first-order valence-electron chi connectivity index (χ1n) is 6.69. The summed E-state index contributed by atoms with van der Waals surface area (Å²) in [4.78, 5) is 0. The zero-order valence-corrected chi connectivity index (χ0v) is 12.2. The maximum atomic E-state index is 6.37. The van der Waals surface area contributed by atoms with Crippen LogP contribution in [0.3, 0.4) is 0 Å². The van der Waals surface area contributed by atoms with E-state index in [0.717, 1.165) is 12.3 Å². The van der Waals surface area contributed by atoms with E-state index in [4.69, 9.17) is 5.73 Å². The van der Waals surface area contributed by atoms with Gasteiger partial charge in [-0.25, -0.2) is 0 Å². The van der Waals surface area contributed by atoms with Crippen molar-refractivity contribution in [1.29, 1.82) is 0 Å². The molecule has 1 aliphatic carbocycles. The van der Waals surface area contributed by atoms with Crippen molar-refractivity contribution in [3.05, 3.63) is 33.8 Å². The number of rotatable bonds is 3. The fourth-order valence-corrected chi connectivity index (χ4v) is 3.32. The molecule has 1 aliphatic rings. The van der Waals surface area contributed by atoms with Crippen LogP contribution >= 0.6 is 15.9 Å². The van der Waals surface area contributed by atoms with E-state index in [9.17, 15) is 0 Å². The highest BCUT2D eigenvalue weighted by Gasteiger charge is 2.19. The molecule has 1 aromatic carbocycles. The second-order valence-corrected chi connectivity index (χ2v) is 6.15. The summed E-state index contributed by atoms with van der Waals surface area (Å²) in [6.07, 6.45) is 8.12. The van der Waals surface area contributed by atoms with Crippen LogP contribution in [0, 0.1) is 12.8 Å². The summed E-state index contributed by atoms with van der Waals surface area (Å²) in [5.41, 5.74) is 8.99. The Morgan fingerprint density at radius 1 is 1.29 bits per heavy atom. The molecule has 0 amide bonds. The van der Waals surface area contributed by atoms with Gasteiger partial charge in [0.15, 0.2) is 0 Å². The van der Waals surface area contributed by atoms with Gasteiger partial charge in [-0.05, 0) is 36.5 Å². The highest BCUT2D eigenvalue weighted by atomic mass is 79.9. The van der Waals surface area contributed by atoms with Crippen molar-refractivity contribution >= 4 is 15.9 Å². The number of hydrogen-bond donors (Lipinski definition) is 1. The normalized spacial score (nSPS) is 19.2. The van der Waals surface area contributed by atoms with Gasteiger partial charge in [0.2, 0.25) is 0 Å². The molecule has 17 heavy (non-hydrogen) atoms. The minimum Gasteiger partial charge on any atom is -0.324 e. The fourth-order valence-electron chi connectivity index (χ4n) is 2.93. The minimum atomic E-state index is 0.204. The smallest absolute Gasteiger partial charge is 0.0300 e. The molecule has 1 fully saturated rings. The van der Waals surface area contributed by atoms with E-state index in [1.807, 2.05) is 0 Å². The average Bonchev–Trinajstić information content (AvgIpc) is 2.34. The van der Waals surface area contributed by atoms with E-state index >= 15 is 0 Å². The molecule has 1 unspecified atom stereocenters. The highest BCUT2D eigenvalue weighted by Crippen LogP contribution is 2.32. The monoisotopic (exact) mass is 295 g/mol. The van der Waals surface area contributed by atoms with Gasteiger partial charge in [-0.1, -0.05) is 60.2 Å². The molecular weight excluding hydrogens is 274 g/mol. The van der Waals surface area contributed by atoms with E-state index in [-0.39, 0.29) is 6.04 Å². The van der Waals surface area contributed by atoms with Crippen molar-refractivity contribution in [2.24, 2.45) is 11.7 Å².